The van der Waals surface area contributed by atoms with E-state index in [0.717, 1.165) is 12.0 Å². The maximum atomic E-state index is 12.5. The van der Waals surface area contributed by atoms with Gasteiger partial charge in [-0.25, -0.2) is 0 Å². The largest absolute Gasteiger partial charge is 0.376 e. The lowest BCUT2D eigenvalue weighted by atomic mass is 10.1. The Morgan fingerprint density at radius 1 is 0.794 bits per heavy atom. The molecule has 0 radical (unpaired) electrons. The van der Waals surface area contributed by atoms with Crippen molar-refractivity contribution in [2.45, 2.75) is 32.9 Å². The highest BCUT2D eigenvalue weighted by molar-refractivity contribution is 5.98. The van der Waals surface area contributed by atoms with E-state index >= 15 is 0 Å². The van der Waals surface area contributed by atoms with Crippen molar-refractivity contribution in [1.29, 1.82) is 0 Å². The minimum Gasteiger partial charge on any atom is -0.376 e. The zero-order chi connectivity index (χ0) is 24.3. The molecular weight excluding hydrogens is 428 g/mol. The molecule has 7 nitrogen and oxygen atoms in total. The molecule has 3 aromatic carbocycles. The van der Waals surface area contributed by atoms with Crippen molar-refractivity contribution < 1.29 is 14.4 Å². The predicted molar refractivity (Wildman–Crippen MR) is 135 cm³/mol. The van der Waals surface area contributed by atoms with Gasteiger partial charge in [-0.15, -0.1) is 0 Å². The first-order chi connectivity index (χ1) is 16.4. The summed E-state index contributed by atoms with van der Waals surface area (Å²) in [6, 6.07) is 23.5. The van der Waals surface area contributed by atoms with Gasteiger partial charge in [0.05, 0.1) is 6.54 Å². The van der Waals surface area contributed by atoms with Gasteiger partial charge in [-0.1, -0.05) is 49.4 Å². The molecule has 0 aromatic heterocycles. The van der Waals surface area contributed by atoms with Gasteiger partial charge in [-0.2, -0.15) is 0 Å². The van der Waals surface area contributed by atoms with Crippen LogP contribution >= 0.6 is 0 Å². The summed E-state index contributed by atoms with van der Waals surface area (Å²) in [5.41, 5.74) is 3.19. The van der Waals surface area contributed by atoms with E-state index in [-0.39, 0.29) is 30.3 Å². The number of nitrogens with one attached hydrogen (secondary N) is 4. The zero-order valence-corrected chi connectivity index (χ0v) is 19.4. The molecule has 0 aliphatic carbocycles. The molecule has 1 unspecified atom stereocenters. The van der Waals surface area contributed by atoms with Crippen molar-refractivity contribution in [3.63, 3.8) is 0 Å². The van der Waals surface area contributed by atoms with Gasteiger partial charge in [0, 0.05) is 35.1 Å². The van der Waals surface area contributed by atoms with Crippen LogP contribution in [0.1, 0.15) is 46.5 Å². The third kappa shape index (κ3) is 7.48. The number of benzene rings is 3. The summed E-state index contributed by atoms with van der Waals surface area (Å²) < 4.78 is 0. The highest BCUT2D eigenvalue weighted by Gasteiger charge is 2.11. The zero-order valence-electron chi connectivity index (χ0n) is 19.4. The molecule has 3 amide bonds. The molecule has 3 aromatic rings. The number of carbonyl (C=O) groups is 3. The first-order valence-corrected chi connectivity index (χ1v) is 11.3. The molecular formula is C27H30N4O3. The van der Waals surface area contributed by atoms with Crippen LogP contribution in [-0.4, -0.2) is 30.3 Å². The van der Waals surface area contributed by atoms with Crippen LogP contribution in [0.4, 0.5) is 11.4 Å². The molecule has 0 saturated heterocycles. The molecule has 0 saturated carbocycles. The Bertz CT molecular complexity index is 1130. The lowest BCUT2D eigenvalue weighted by Crippen LogP contribution is -2.31. The van der Waals surface area contributed by atoms with E-state index in [1.165, 1.54) is 0 Å². The second kappa shape index (κ2) is 12.2. The van der Waals surface area contributed by atoms with E-state index in [1.54, 1.807) is 48.5 Å². The summed E-state index contributed by atoms with van der Waals surface area (Å²) in [5, 5.41) is 11.6. The Kier molecular flexibility index (Phi) is 8.80. The first kappa shape index (κ1) is 24.5. The van der Waals surface area contributed by atoms with Crippen LogP contribution in [0.2, 0.25) is 0 Å². The van der Waals surface area contributed by atoms with Gasteiger partial charge in [0.25, 0.3) is 11.8 Å². The van der Waals surface area contributed by atoms with Gasteiger partial charge >= 0.3 is 0 Å². The predicted octanol–water partition coefficient (Wildman–Crippen LogP) is 4.20. The van der Waals surface area contributed by atoms with E-state index in [1.807, 2.05) is 44.2 Å². The summed E-state index contributed by atoms with van der Waals surface area (Å²) in [5.74, 6) is -0.633. The van der Waals surface area contributed by atoms with Crippen LogP contribution < -0.4 is 21.3 Å². The van der Waals surface area contributed by atoms with Gasteiger partial charge in [0.15, 0.2) is 0 Å². The van der Waals surface area contributed by atoms with E-state index in [9.17, 15) is 14.4 Å². The number of carbonyl (C=O) groups excluding carboxylic acids is 3. The molecule has 3 rings (SSSR count). The minimum absolute atomic E-state index is 0.0147. The standard InChI is InChI=1S/C27H30N4O3/c1-3-19(2)30-27(34)22-12-7-13-23(15-22)28-18-25(32)31-24-14-8-11-21(16-24)26(33)29-17-20-9-5-4-6-10-20/h4-16,19,28H,3,17-18H2,1-2H3,(H,29,33)(H,30,34)(H,31,32). The number of anilines is 2. The summed E-state index contributed by atoms with van der Waals surface area (Å²) in [7, 11) is 0. The number of hydrogen-bond donors (Lipinski definition) is 4. The first-order valence-electron chi connectivity index (χ1n) is 11.3. The Hall–Kier alpha value is -4.13. The number of rotatable bonds is 10. The van der Waals surface area contributed by atoms with Gasteiger partial charge in [0.1, 0.15) is 0 Å². The SMILES string of the molecule is CCC(C)NC(=O)c1cccc(NCC(=O)Nc2cccc(C(=O)NCc3ccccc3)c2)c1. The van der Waals surface area contributed by atoms with Crippen LogP contribution in [0.5, 0.6) is 0 Å². The summed E-state index contributed by atoms with van der Waals surface area (Å²) in [6.45, 7) is 4.40. The van der Waals surface area contributed by atoms with Gasteiger partial charge in [-0.05, 0) is 55.3 Å². The van der Waals surface area contributed by atoms with Crippen LogP contribution in [0.25, 0.3) is 0 Å². The van der Waals surface area contributed by atoms with Crippen molar-refractivity contribution in [2.24, 2.45) is 0 Å². The topological polar surface area (TPSA) is 99.3 Å². The highest BCUT2D eigenvalue weighted by Crippen LogP contribution is 2.13. The van der Waals surface area contributed by atoms with Crippen molar-refractivity contribution in [2.75, 3.05) is 17.2 Å². The fourth-order valence-electron chi connectivity index (χ4n) is 3.19. The summed E-state index contributed by atoms with van der Waals surface area (Å²) in [4.78, 5) is 37.2. The Morgan fingerprint density at radius 2 is 1.44 bits per heavy atom. The van der Waals surface area contributed by atoms with Crippen LogP contribution in [0.3, 0.4) is 0 Å². The maximum Gasteiger partial charge on any atom is 0.251 e. The Labute approximate surface area is 200 Å². The van der Waals surface area contributed by atoms with Gasteiger partial charge in [-0.3, -0.25) is 14.4 Å². The molecule has 0 fully saturated rings. The molecule has 0 spiro atoms. The smallest absolute Gasteiger partial charge is 0.251 e. The molecule has 0 heterocycles. The van der Waals surface area contributed by atoms with E-state index in [2.05, 4.69) is 21.3 Å². The fourth-order valence-corrected chi connectivity index (χ4v) is 3.19. The molecule has 1 atom stereocenters. The van der Waals surface area contributed by atoms with Gasteiger partial charge in [0.2, 0.25) is 5.91 Å². The second-order valence-electron chi connectivity index (χ2n) is 8.01. The lowest BCUT2D eigenvalue weighted by molar-refractivity contribution is -0.114. The van der Waals surface area contributed by atoms with E-state index in [4.69, 9.17) is 0 Å². The highest BCUT2D eigenvalue weighted by atomic mass is 16.2. The Morgan fingerprint density at radius 3 is 2.15 bits per heavy atom. The van der Waals surface area contributed by atoms with Crippen LogP contribution in [0.15, 0.2) is 78.9 Å². The molecule has 34 heavy (non-hydrogen) atoms. The monoisotopic (exact) mass is 458 g/mol. The molecule has 176 valence electrons. The normalized spacial score (nSPS) is 11.2. The fraction of sp³-hybridized carbons (Fsp3) is 0.222. The van der Waals surface area contributed by atoms with Crippen LogP contribution in [-0.2, 0) is 11.3 Å². The van der Waals surface area contributed by atoms with Crippen molar-refractivity contribution in [1.82, 2.24) is 10.6 Å². The summed E-state index contributed by atoms with van der Waals surface area (Å²) in [6.07, 6.45) is 0.847. The third-order valence-corrected chi connectivity index (χ3v) is 5.27. The molecule has 0 aliphatic rings. The van der Waals surface area contributed by atoms with Gasteiger partial charge < -0.3 is 21.3 Å². The molecule has 7 heteroatoms. The molecule has 0 aliphatic heterocycles. The maximum absolute atomic E-state index is 12.5. The Balaban J connectivity index is 1.52. The third-order valence-electron chi connectivity index (χ3n) is 5.27. The van der Waals surface area contributed by atoms with Crippen molar-refractivity contribution in [3.8, 4) is 0 Å². The second-order valence-corrected chi connectivity index (χ2v) is 8.01. The number of amides is 3. The average Bonchev–Trinajstić information content (AvgIpc) is 2.87. The van der Waals surface area contributed by atoms with Crippen LogP contribution in [0, 0.1) is 0 Å². The lowest BCUT2D eigenvalue weighted by Gasteiger charge is -2.13. The van der Waals surface area contributed by atoms with Crippen molar-refractivity contribution >= 4 is 29.1 Å². The average molecular weight is 459 g/mol. The van der Waals surface area contributed by atoms with E-state index in [0.29, 0.717) is 29.0 Å². The quantitative estimate of drug-likeness (QED) is 0.366. The summed E-state index contributed by atoms with van der Waals surface area (Å²) >= 11 is 0. The molecule has 0 bridgehead atoms. The van der Waals surface area contributed by atoms with E-state index < -0.39 is 0 Å². The minimum atomic E-state index is -0.267. The number of hydrogen-bond acceptors (Lipinski definition) is 4. The molecule has 4 N–H and O–H groups in total. The van der Waals surface area contributed by atoms with Crippen molar-refractivity contribution in [3.05, 3.63) is 95.6 Å².